The van der Waals surface area contributed by atoms with Crippen molar-refractivity contribution < 1.29 is 9.53 Å². The van der Waals surface area contributed by atoms with Crippen LogP contribution in [0, 0.1) is 17.8 Å². The lowest BCUT2D eigenvalue weighted by Crippen LogP contribution is -2.55. The number of aromatic nitrogens is 1. The highest BCUT2D eigenvalue weighted by Crippen LogP contribution is 2.43. The van der Waals surface area contributed by atoms with Crippen LogP contribution in [0.4, 0.5) is 0 Å². The molecule has 4 nitrogen and oxygen atoms in total. The maximum atomic E-state index is 13.6. The average molecular weight is 483 g/mol. The van der Waals surface area contributed by atoms with Crippen LogP contribution in [0.1, 0.15) is 62.3 Å². The normalized spacial score (nSPS) is 25.0. The first-order valence-corrected chi connectivity index (χ1v) is 13.4. The number of para-hydroxylation sites is 1. The molecule has 4 heteroatoms. The highest BCUT2D eigenvalue weighted by molar-refractivity contribution is 5.83. The topological polar surface area (TPSA) is 42.4 Å². The Bertz CT molecular complexity index is 1210. The Balaban J connectivity index is 1.44. The Kier molecular flexibility index (Phi) is 7.25. The number of esters is 1. The minimum atomic E-state index is -0.332. The predicted molar refractivity (Wildman–Crippen MR) is 146 cm³/mol. The van der Waals surface area contributed by atoms with Gasteiger partial charge in [-0.25, -0.2) is 0 Å². The van der Waals surface area contributed by atoms with Gasteiger partial charge in [0, 0.05) is 23.7 Å². The van der Waals surface area contributed by atoms with Crippen LogP contribution in [0.5, 0.6) is 0 Å². The van der Waals surface area contributed by atoms with Gasteiger partial charge in [-0.05, 0) is 73.7 Å². The average Bonchev–Trinajstić information content (AvgIpc) is 2.91. The molecular formula is C32H38N2O2. The molecule has 0 saturated carbocycles. The summed E-state index contributed by atoms with van der Waals surface area (Å²) in [7, 11) is 0. The van der Waals surface area contributed by atoms with E-state index in [4.69, 9.17) is 4.74 Å². The third kappa shape index (κ3) is 4.97. The molecule has 0 amide bonds. The lowest BCUT2D eigenvalue weighted by molar-refractivity contribution is -0.158. The minimum absolute atomic E-state index is 0.162. The predicted octanol–water partition coefficient (Wildman–Crippen LogP) is 6.72. The van der Waals surface area contributed by atoms with Crippen molar-refractivity contribution >= 4 is 16.9 Å². The van der Waals surface area contributed by atoms with Crippen molar-refractivity contribution in [2.75, 3.05) is 13.1 Å². The molecule has 3 fully saturated rings. The summed E-state index contributed by atoms with van der Waals surface area (Å²) in [6.07, 6.45) is 6.87. The van der Waals surface area contributed by atoms with Gasteiger partial charge in [-0.3, -0.25) is 14.7 Å². The van der Waals surface area contributed by atoms with E-state index in [1.165, 1.54) is 12.0 Å². The number of fused-ring (bicyclic) bond motifs is 4. The zero-order valence-corrected chi connectivity index (χ0v) is 21.8. The van der Waals surface area contributed by atoms with E-state index in [1.54, 1.807) is 0 Å². The lowest BCUT2D eigenvalue weighted by atomic mass is 9.73. The summed E-state index contributed by atoms with van der Waals surface area (Å²) in [6, 6.07) is 18.8. The first-order valence-electron chi connectivity index (χ1n) is 13.4. The van der Waals surface area contributed by atoms with Crippen molar-refractivity contribution in [3.63, 3.8) is 0 Å². The van der Waals surface area contributed by atoms with Crippen LogP contribution in [0.2, 0.25) is 0 Å². The molecule has 0 N–H and O–H groups in total. The zero-order chi connectivity index (χ0) is 25.2. The minimum Gasteiger partial charge on any atom is -0.455 e. The second-order valence-corrected chi connectivity index (χ2v) is 11.1. The molecule has 3 aliphatic heterocycles. The Morgan fingerprint density at radius 2 is 1.92 bits per heavy atom. The standard InChI is InChI=1S/C32H38N2O2/c1-5-24-20-34-17-15-26(24)19-30(34)31(28-14-16-33-29-9-7-6-8-27(28)29)36-32(35)22(4)25-12-10-23(11-13-25)18-21(2)3/h5-14,16,21-22,24,26,30-31H,1,15,17-20H2,2-4H3/t22-,24-,26+,30-,31+/m1/s1. The summed E-state index contributed by atoms with van der Waals surface area (Å²) in [5.41, 5.74) is 4.30. The molecular weight excluding hydrogens is 444 g/mol. The molecule has 0 radical (unpaired) electrons. The summed E-state index contributed by atoms with van der Waals surface area (Å²) < 4.78 is 6.48. The van der Waals surface area contributed by atoms with Crippen LogP contribution in [-0.2, 0) is 16.0 Å². The van der Waals surface area contributed by atoms with E-state index in [9.17, 15) is 4.79 Å². The van der Waals surface area contributed by atoms with Gasteiger partial charge in [0.1, 0.15) is 6.10 Å². The number of hydrogen-bond donors (Lipinski definition) is 0. The van der Waals surface area contributed by atoms with E-state index in [2.05, 4.69) is 66.7 Å². The highest BCUT2D eigenvalue weighted by Gasteiger charge is 2.44. The van der Waals surface area contributed by atoms with Gasteiger partial charge in [0.2, 0.25) is 0 Å². The van der Waals surface area contributed by atoms with Crippen molar-refractivity contribution in [2.24, 2.45) is 17.8 Å². The number of ether oxygens (including phenoxy) is 1. The van der Waals surface area contributed by atoms with Gasteiger partial charge in [-0.2, -0.15) is 0 Å². The number of benzene rings is 2. The number of carbonyl (C=O) groups is 1. The molecule has 0 aliphatic carbocycles. The van der Waals surface area contributed by atoms with Crippen molar-refractivity contribution in [3.05, 3.63) is 90.1 Å². The number of nitrogens with zero attached hydrogens (tertiary/aromatic N) is 2. The molecule has 4 heterocycles. The van der Waals surface area contributed by atoms with E-state index in [1.807, 2.05) is 37.4 Å². The van der Waals surface area contributed by atoms with Gasteiger partial charge in [0.15, 0.2) is 0 Å². The van der Waals surface area contributed by atoms with Gasteiger partial charge in [0.05, 0.1) is 17.5 Å². The molecule has 188 valence electrons. The van der Waals surface area contributed by atoms with Crippen molar-refractivity contribution in [3.8, 4) is 0 Å². The highest BCUT2D eigenvalue weighted by atomic mass is 16.5. The fraction of sp³-hybridized carbons (Fsp3) is 0.438. The summed E-state index contributed by atoms with van der Waals surface area (Å²) in [5, 5.41) is 1.06. The van der Waals surface area contributed by atoms with Gasteiger partial charge >= 0.3 is 5.97 Å². The van der Waals surface area contributed by atoms with Crippen LogP contribution in [0.25, 0.3) is 10.9 Å². The van der Waals surface area contributed by atoms with Crippen LogP contribution in [0.15, 0.2) is 73.4 Å². The Morgan fingerprint density at radius 3 is 2.61 bits per heavy atom. The monoisotopic (exact) mass is 482 g/mol. The third-order valence-electron chi connectivity index (χ3n) is 8.21. The molecule has 6 atom stereocenters. The Hall–Kier alpha value is -2.98. The maximum Gasteiger partial charge on any atom is 0.313 e. The van der Waals surface area contributed by atoms with Crippen LogP contribution in [-0.4, -0.2) is 35.0 Å². The summed E-state index contributed by atoms with van der Waals surface area (Å²) in [5.74, 6) is 1.23. The lowest BCUT2D eigenvalue weighted by Gasteiger charge is -2.51. The summed E-state index contributed by atoms with van der Waals surface area (Å²) >= 11 is 0. The number of hydrogen-bond acceptors (Lipinski definition) is 4. The molecule has 0 spiro atoms. The molecule has 1 unspecified atom stereocenters. The quantitative estimate of drug-likeness (QED) is 0.264. The molecule has 2 bridgehead atoms. The Labute approximate surface area is 215 Å². The van der Waals surface area contributed by atoms with Crippen LogP contribution < -0.4 is 0 Å². The third-order valence-corrected chi connectivity index (χ3v) is 8.21. The van der Waals surface area contributed by atoms with E-state index < -0.39 is 0 Å². The molecule has 3 saturated heterocycles. The first-order chi connectivity index (χ1) is 17.4. The second-order valence-electron chi connectivity index (χ2n) is 11.1. The van der Waals surface area contributed by atoms with Gasteiger partial charge in [-0.15, -0.1) is 6.58 Å². The summed E-state index contributed by atoms with van der Waals surface area (Å²) in [4.78, 5) is 20.7. The molecule has 2 aromatic carbocycles. The molecule has 3 aromatic rings. The zero-order valence-electron chi connectivity index (χ0n) is 21.8. The van der Waals surface area contributed by atoms with E-state index >= 15 is 0 Å². The van der Waals surface area contributed by atoms with Gasteiger partial charge in [0.25, 0.3) is 0 Å². The number of rotatable bonds is 8. The molecule has 1 aromatic heterocycles. The van der Waals surface area contributed by atoms with Crippen LogP contribution >= 0.6 is 0 Å². The van der Waals surface area contributed by atoms with Gasteiger partial charge in [-0.1, -0.05) is 62.4 Å². The second kappa shape index (κ2) is 10.6. The van der Waals surface area contributed by atoms with E-state index in [-0.39, 0.29) is 24.0 Å². The van der Waals surface area contributed by atoms with Gasteiger partial charge < -0.3 is 4.74 Å². The summed E-state index contributed by atoms with van der Waals surface area (Å²) in [6.45, 7) is 12.5. The number of piperidine rings is 3. The smallest absolute Gasteiger partial charge is 0.313 e. The SMILES string of the molecule is C=C[C@@H]1CN2CC[C@H]1C[C@@H]2[C@@H](OC(=O)[C@H](C)c1ccc(CC(C)C)cc1)c1ccnc2ccccc12. The first kappa shape index (κ1) is 24.7. The van der Waals surface area contributed by atoms with Crippen molar-refractivity contribution in [1.29, 1.82) is 0 Å². The van der Waals surface area contributed by atoms with E-state index in [0.717, 1.165) is 48.0 Å². The number of pyridine rings is 1. The van der Waals surface area contributed by atoms with E-state index in [0.29, 0.717) is 17.8 Å². The number of carbonyl (C=O) groups excluding carboxylic acids is 1. The van der Waals surface area contributed by atoms with Crippen LogP contribution in [0.3, 0.4) is 0 Å². The van der Waals surface area contributed by atoms with Crippen molar-refractivity contribution in [1.82, 2.24) is 9.88 Å². The maximum absolute atomic E-state index is 13.6. The molecule has 3 aliphatic rings. The Morgan fingerprint density at radius 1 is 1.14 bits per heavy atom. The molecule has 6 rings (SSSR count). The van der Waals surface area contributed by atoms with Crippen molar-refractivity contribution in [2.45, 2.75) is 58.1 Å². The fourth-order valence-electron chi connectivity index (χ4n) is 6.18. The largest absolute Gasteiger partial charge is 0.455 e. The fourth-order valence-corrected chi connectivity index (χ4v) is 6.18. The molecule has 36 heavy (non-hydrogen) atoms.